The Morgan fingerprint density at radius 1 is 0.926 bits per heavy atom. The van der Waals surface area contributed by atoms with Gasteiger partial charge in [0.05, 0.1) is 27.0 Å². The Kier molecular flexibility index (Phi) is 7.05. The summed E-state index contributed by atoms with van der Waals surface area (Å²) >= 11 is 0. The second-order valence-electron chi connectivity index (χ2n) is 5.69. The van der Waals surface area contributed by atoms with Crippen LogP contribution >= 0.6 is 0 Å². The van der Waals surface area contributed by atoms with E-state index in [-0.39, 0.29) is 18.4 Å². The van der Waals surface area contributed by atoms with Crippen molar-refractivity contribution in [2.24, 2.45) is 0 Å². The quantitative estimate of drug-likeness (QED) is 0.770. The predicted octanol–water partition coefficient (Wildman–Crippen LogP) is 2.50. The van der Waals surface area contributed by atoms with Crippen LogP contribution in [-0.2, 0) is 4.79 Å². The van der Waals surface area contributed by atoms with Gasteiger partial charge in [-0.2, -0.15) is 0 Å². The van der Waals surface area contributed by atoms with Gasteiger partial charge in [-0.3, -0.25) is 9.59 Å². The third kappa shape index (κ3) is 5.13. The Bertz CT molecular complexity index is 789. The number of hydrogen-bond acceptors (Lipinski definition) is 5. The van der Waals surface area contributed by atoms with Gasteiger partial charge in [-0.05, 0) is 36.4 Å². The number of rotatable bonds is 8. The van der Waals surface area contributed by atoms with Crippen LogP contribution in [0.1, 0.15) is 17.3 Å². The molecule has 0 saturated heterocycles. The Balaban J connectivity index is 2.06. The molecule has 2 amide bonds. The lowest BCUT2D eigenvalue weighted by atomic mass is 10.2. The van der Waals surface area contributed by atoms with Gasteiger partial charge in [-0.15, -0.1) is 0 Å². The van der Waals surface area contributed by atoms with Gasteiger partial charge < -0.3 is 24.4 Å². The van der Waals surface area contributed by atoms with Crippen molar-refractivity contribution in [2.75, 3.05) is 39.3 Å². The number of carbonyl (C=O) groups is 2. The van der Waals surface area contributed by atoms with Gasteiger partial charge in [0.2, 0.25) is 5.91 Å². The summed E-state index contributed by atoms with van der Waals surface area (Å²) < 4.78 is 15.7. The van der Waals surface area contributed by atoms with Gasteiger partial charge in [0.1, 0.15) is 17.2 Å². The molecule has 7 heteroatoms. The third-order valence-corrected chi connectivity index (χ3v) is 4.03. The fourth-order valence-corrected chi connectivity index (χ4v) is 2.58. The molecule has 7 nitrogen and oxygen atoms in total. The number of ether oxygens (including phenoxy) is 3. The lowest BCUT2D eigenvalue weighted by Gasteiger charge is -2.24. The molecular weight excluding hydrogens is 348 g/mol. The Morgan fingerprint density at radius 3 is 2.11 bits per heavy atom. The molecule has 2 rings (SSSR count). The van der Waals surface area contributed by atoms with E-state index >= 15 is 0 Å². The summed E-state index contributed by atoms with van der Waals surface area (Å²) in [5, 5.41) is 2.81. The van der Waals surface area contributed by atoms with E-state index < -0.39 is 0 Å². The van der Waals surface area contributed by atoms with Crippen molar-refractivity contribution in [3.05, 3.63) is 48.0 Å². The highest BCUT2D eigenvalue weighted by atomic mass is 16.5. The lowest BCUT2D eigenvalue weighted by molar-refractivity contribution is -0.116. The average Bonchev–Trinajstić information content (AvgIpc) is 2.70. The maximum Gasteiger partial charge on any atom is 0.251 e. The zero-order valence-electron chi connectivity index (χ0n) is 15.9. The molecule has 0 saturated carbocycles. The van der Waals surface area contributed by atoms with Gasteiger partial charge in [-0.1, -0.05) is 0 Å². The molecule has 2 aromatic rings. The molecule has 0 atom stereocenters. The molecule has 0 bridgehead atoms. The summed E-state index contributed by atoms with van der Waals surface area (Å²) in [6.07, 6.45) is 0. The molecular formula is C20H24N2O5. The smallest absolute Gasteiger partial charge is 0.251 e. The highest BCUT2D eigenvalue weighted by molar-refractivity contribution is 5.95. The van der Waals surface area contributed by atoms with Gasteiger partial charge in [0.15, 0.2) is 0 Å². The molecule has 0 aliphatic heterocycles. The lowest BCUT2D eigenvalue weighted by Crippen LogP contribution is -2.37. The normalized spacial score (nSPS) is 10.1. The summed E-state index contributed by atoms with van der Waals surface area (Å²) in [5.74, 6) is 1.45. The zero-order chi connectivity index (χ0) is 19.8. The first-order valence-corrected chi connectivity index (χ1v) is 8.42. The fourth-order valence-electron chi connectivity index (χ4n) is 2.58. The first-order valence-electron chi connectivity index (χ1n) is 8.42. The van der Waals surface area contributed by atoms with Gasteiger partial charge in [0.25, 0.3) is 5.91 Å². The van der Waals surface area contributed by atoms with E-state index in [2.05, 4.69) is 5.32 Å². The monoisotopic (exact) mass is 372 g/mol. The molecule has 0 radical (unpaired) electrons. The standard InChI is InChI=1S/C20H24N2O5/c1-14(23)22(18-13-17(26-3)9-10-19(18)27-4)12-11-21-20(24)15-5-7-16(25-2)8-6-15/h5-10,13H,11-12H2,1-4H3,(H,21,24). The van der Waals surface area contributed by atoms with Gasteiger partial charge >= 0.3 is 0 Å². The SMILES string of the molecule is COc1ccc(C(=O)NCCN(C(C)=O)c2cc(OC)ccc2OC)cc1. The van der Waals surface area contributed by atoms with Crippen molar-refractivity contribution in [3.8, 4) is 17.2 Å². The minimum absolute atomic E-state index is 0.166. The van der Waals surface area contributed by atoms with Crippen LogP contribution in [-0.4, -0.2) is 46.2 Å². The number of nitrogens with one attached hydrogen (secondary N) is 1. The predicted molar refractivity (Wildman–Crippen MR) is 103 cm³/mol. The van der Waals surface area contributed by atoms with Crippen LogP contribution in [0.15, 0.2) is 42.5 Å². The number of hydrogen-bond donors (Lipinski definition) is 1. The minimum Gasteiger partial charge on any atom is -0.497 e. The summed E-state index contributed by atoms with van der Waals surface area (Å²) in [5.41, 5.74) is 1.10. The second kappa shape index (κ2) is 9.47. The minimum atomic E-state index is -0.223. The van der Waals surface area contributed by atoms with E-state index in [0.717, 1.165) is 0 Å². The summed E-state index contributed by atoms with van der Waals surface area (Å²) in [7, 11) is 4.66. The highest BCUT2D eigenvalue weighted by Crippen LogP contribution is 2.32. The van der Waals surface area contributed by atoms with Crippen LogP contribution in [0.5, 0.6) is 17.2 Å². The molecule has 0 aliphatic carbocycles. The largest absolute Gasteiger partial charge is 0.497 e. The summed E-state index contributed by atoms with van der Waals surface area (Å²) in [6.45, 7) is 2.04. The molecule has 1 N–H and O–H groups in total. The number of anilines is 1. The van der Waals surface area contributed by atoms with Gasteiger partial charge in [0, 0.05) is 31.6 Å². The molecule has 0 fully saturated rings. The topological polar surface area (TPSA) is 77.1 Å². The van der Waals surface area contributed by atoms with Crippen molar-refractivity contribution in [3.63, 3.8) is 0 Å². The average molecular weight is 372 g/mol. The Morgan fingerprint density at radius 2 is 1.56 bits per heavy atom. The number of carbonyl (C=O) groups excluding carboxylic acids is 2. The number of methoxy groups -OCH3 is 3. The van der Waals surface area contributed by atoms with Crippen LogP contribution in [0.2, 0.25) is 0 Å². The number of amides is 2. The van der Waals surface area contributed by atoms with Crippen molar-refractivity contribution in [1.29, 1.82) is 0 Å². The first kappa shape index (κ1) is 20.1. The number of benzene rings is 2. The van der Waals surface area contributed by atoms with E-state index in [9.17, 15) is 9.59 Å². The molecule has 0 spiro atoms. The molecule has 0 aromatic heterocycles. The van der Waals surface area contributed by atoms with Crippen molar-refractivity contribution in [1.82, 2.24) is 5.32 Å². The van der Waals surface area contributed by atoms with E-state index in [4.69, 9.17) is 14.2 Å². The van der Waals surface area contributed by atoms with Crippen LogP contribution < -0.4 is 24.4 Å². The van der Waals surface area contributed by atoms with Crippen LogP contribution in [0, 0.1) is 0 Å². The van der Waals surface area contributed by atoms with Crippen LogP contribution in [0.3, 0.4) is 0 Å². The maximum atomic E-state index is 12.3. The molecule has 0 aliphatic rings. The maximum absolute atomic E-state index is 12.3. The third-order valence-electron chi connectivity index (χ3n) is 4.03. The molecule has 2 aromatic carbocycles. The van der Waals surface area contributed by atoms with Crippen LogP contribution in [0.25, 0.3) is 0 Å². The Hall–Kier alpha value is -3.22. The molecule has 27 heavy (non-hydrogen) atoms. The van der Waals surface area contributed by atoms with Crippen molar-refractivity contribution < 1.29 is 23.8 Å². The summed E-state index contributed by atoms with van der Waals surface area (Å²) in [6, 6.07) is 12.0. The van der Waals surface area contributed by atoms with Crippen molar-refractivity contribution in [2.45, 2.75) is 6.92 Å². The van der Waals surface area contributed by atoms with Crippen molar-refractivity contribution >= 4 is 17.5 Å². The summed E-state index contributed by atoms with van der Waals surface area (Å²) in [4.78, 5) is 25.9. The van der Waals surface area contributed by atoms with E-state index in [1.165, 1.54) is 18.9 Å². The Labute approximate surface area is 158 Å². The van der Waals surface area contributed by atoms with E-state index in [1.54, 1.807) is 56.7 Å². The first-order chi connectivity index (χ1) is 13.0. The number of nitrogens with zero attached hydrogens (tertiary/aromatic N) is 1. The molecule has 0 heterocycles. The fraction of sp³-hybridized carbons (Fsp3) is 0.300. The molecule has 0 unspecified atom stereocenters. The van der Waals surface area contributed by atoms with E-state index in [0.29, 0.717) is 35.0 Å². The highest BCUT2D eigenvalue weighted by Gasteiger charge is 2.17. The van der Waals surface area contributed by atoms with E-state index in [1.807, 2.05) is 0 Å². The second-order valence-corrected chi connectivity index (χ2v) is 5.69. The van der Waals surface area contributed by atoms with Crippen LogP contribution in [0.4, 0.5) is 5.69 Å². The zero-order valence-corrected chi connectivity index (χ0v) is 15.9. The molecule has 144 valence electrons. The van der Waals surface area contributed by atoms with Gasteiger partial charge in [-0.25, -0.2) is 0 Å².